The van der Waals surface area contributed by atoms with E-state index in [2.05, 4.69) is 4.98 Å². The molecule has 3 aromatic rings. The number of aromatic nitrogens is 2. The van der Waals surface area contributed by atoms with Crippen molar-refractivity contribution in [2.24, 2.45) is 0 Å². The van der Waals surface area contributed by atoms with Crippen molar-refractivity contribution in [2.45, 2.75) is 12.7 Å². The van der Waals surface area contributed by atoms with Gasteiger partial charge < -0.3 is 0 Å². The van der Waals surface area contributed by atoms with E-state index < -0.39 is 11.7 Å². The minimum atomic E-state index is -4.42. The lowest BCUT2D eigenvalue weighted by Gasteiger charge is -2.10. The van der Waals surface area contributed by atoms with Gasteiger partial charge in [0, 0.05) is 5.02 Å². The van der Waals surface area contributed by atoms with E-state index in [9.17, 15) is 18.0 Å². The van der Waals surface area contributed by atoms with Crippen molar-refractivity contribution >= 4 is 22.5 Å². The largest absolute Gasteiger partial charge is 0.416 e. The summed E-state index contributed by atoms with van der Waals surface area (Å²) >= 11 is 5.87. The predicted octanol–water partition coefficient (Wildman–Crippen LogP) is 4.12. The summed E-state index contributed by atoms with van der Waals surface area (Å²) in [5.41, 5.74) is -0.250. The molecule has 0 N–H and O–H groups in total. The molecule has 118 valence electrons. The molecular weight excluding hydrogens is 329 g/mol. The van der Waals surface area contributed by atoms with Gasteiger partial charge in [-0.05, 0) is 35.9 Å². The van der Waals surface area contributed by atoms with E-state index in [-0.39, 0.29) is 12.1 Å². The average molecular weight is 339 g/mol. The minimum Gasteiger partial charge on any atom is -0.294 e. The van der Waals surface area contributed by atoms with Crippen LogP contribution in [0.1, 0.15) is 11.1 Å². The Morgan fingerprint density at radius 1 is 1.13 bits per heavy atom. The molecule has 1 heterocycles. The Kier molecular flexibility index (Phi) is 3.85. The Bertz CT molecular complexity index is 934. The first-order valence-corrected chi connectivity index (χ1v) is 7.03. The molecule has 0 saturated heterocycles. The van der Waals surface area contributed by atoms with Gasteiger partial charge in [0.1, 0.15) is 0 Å². The van der Waals surface area contributed by atoms with E-state index in [1.54, 1.807) is 12.1 Å². The lowest BCUT2D eigenvalue weighted by molar-refractivity contribution is -0.137. The summed E-state index contributed by atoms with van der Waals surface area (Å²) in [5, 5.41) is 0.722. The van der Waals surface area contributed by atoms with Gasteiger partial charge in [0.05, 0.1) is 29.3 Å². The molecule has 0 atom stereocenters. The van der Waals surface area contributed by atoms with E-state index in [1.165, 1.54) is 29.1 Å². The highest BCUT2D eigenvalue weighted by atomic mass is 35.5. The van der Waals surface area contributed by atoms with E-state index in [0.29, 0.717) is 21.5 Å². The standard InChI is InChI=1S/C16H10ClF3N2O/c17-12-4-5-14-13(7-12)15(23)22(9-21-14)8-10-2-1-3-11(6-10)16(18,19)20/h1-7,9H,8H2. The van der Waals surface area contributed by atoms with Crippen molar-refractivity contribution in [2.75, 3.05) is 0 Å². The van der Waals surface area contributed by atoms with Gasteiger partial charge in [-0.3, -0.25) is 9.36 Å². The van der Waals surface area contributed by atoms with Crippen LogP contribution in [0, 0.1) is 0 Å². The van der Waals surface area contributed by atoms with E-state index >= 15 is 0 Å². The second kappa shape index (κ2) is 5.70. The van der Waals surface area contributed by atoms with Crippen LogP contribution < -0.4 is 5.56 Å². The number of hydrogen-bond donors (Lipinski definition) is 0. The summed E-state index contributed by atoms with van der Waals surface area (Å²) in [5.74, 6) is 0. The van der Waals surface area contributed by atoms with Crippen molar-refractivity contribution in [1.82, 2.24) is 9.55 Å². The SMILES string of the molecule is O=c1c2cc(Cl)ccc2ncn1Cc1cccc(C(F)(F)F)c1. The van der Waals surface area contributed by atoms with Crippen molar-refractivity contribution in [3.05, 3.63) is 75.3 Å². The molecule has 1 aromatic heterocycles. The van der Waals surface area contributed by atoms with Crippen molar-refractivity contribution in [3.63, 3.8) is 0 Å². The highest BCUT2D eigenvalue weighted by Crippen LogP contribution is 2.29. The van der Waals surface area contributed by atoms with Crippen LogP contribution in [0.25, 0.3) is 10.9 Å². The molecular formula is C16H10ClF3N2O. The topological polar surface area (TPSA) is 34.9 Å². The normalized spacial score (nSPS) is 11.8. The summed E-state index contributed by atoms with van der Waals surface area (Å²) in [6, 6.07) is 9.59. The molecule has 0 aliphatic heterocycles. The van der Waals surface area contributed by atoms with Crippen LogP contribution in [-0.2, 0) is 12.7 Å². The zero-order valence-corrected chi connectivity index (χ0v) is 12.4. The van der Waals surface area contributed by atoms with E-state index in [0.717, 1.165) is 12.1 Å². The number of rotatable bonds is 2. The average Bonchev–Trinajstić information content (AvgIpc) is 2.50. The number of fused-ring (bicyclic) bond motifs is 1. The van der Waals surface area contributed by atoms with Crippen molar-refractivity contribution in [1.29, 1.82) is 0 Å². The summed E-state index contributed by atoms with van der Waals surface area (Å²) in [7, 11) is 0. The van der Waals surface area contributed by atoms with Gasteiger partial charge in [0.25, 0.3) is 5.56 Å². The maximum atomic E-state index is 12.7. The molecule has 0 aliphatic rings. The molecule has 0 unspecified atom stereocenters. The van der Waals surface area contributed by atoms with Crippen molar-refractivity contribution < 1.29 is 13.2 Å². The molecule has 3 rings (SSSR count). The van der Waals surface area contributed by atoms with Crippen LogP contribution in [0.5, 0.6) is 0 Å². The zero-order chi connectivity index (χ0) is 16.6. The first-order valence-electron chi connectivity index (χ1n) is 6.65. The summed E-state index contributed by atoms with van der Waals surface area (Å²) in [6.07, 6.45) is -3.10. The molecule has 0 spiro atoms. The number of hydrogen-bond acceptors (Lipinski definition) is 2. The first-order chi connectivity index (χ1) is 10.8. The number of alkyl halides is 3. The van der Waals surface area contributed by atoms with Crippen LogP contribution in [0.15, 0.2) is 53.6 Å². The minimum absolute atomic E-state index is 0.00178. The van der Waals surface area contributed by atoms with Gasteiger partial charge in [0.2, 0.25) is 0 Å². The van der Waals surface area contributed by atoms with Crippen LogP contribution in [-0.4, -0.2) is 9.55 Å². The Labute approximate surface area is 134 Å². The molecule has 0 fully saturated rings. The van der Waals surface area contributed by atoms with Gasteiger partial charge >= 0.3 is 6.18 Å². The molecule has 0 aliphatic carbocycles. The Hall–Kier alpha value is -2.34. The second-order valence-electron chi connectivity index (χ2n) is 5.04. The highest BCUT2D eigenvalue weighted by molar-refractivity contribution is 6.31. The van der Waals surface area contributed by atoms with Gasteiger partial charge in [-0.2, -0.15) is 13.2 Å². The van der Waals surface area contributed by atoms with Gasteiger partial charge in [0.15, 0.2) is 0 Å². The number of benzene rings is 2. The third-order valence-electron chi connectivity index (χ3n) is 3.39. The van der Waals surface area contributed by atoms with E-state index in [4.69, 9.17) is 11.6 Å². The molecule has 7 heteroatoms. The quantitative estimate of drug-likeness (QED) is 0.704. The Morgan fingerprint density at radius 2 is 1.91 bits per heavy atom. The second-order valence-corrected chi connectivity index (χ2v) is 5.47. The lowest BCUT2D eigenvalue weighted by Crippen LogP contribution is -2.21. The van der Waals surface area contributed by atoms with Gasteiger partial charge in [-0.1, -0.05) is 23.7 Å². The van der Waals surface area contributed by atoms with E-state index in [1.807, 2.05) is 0 Å². The Balaban J connectivity index is 2.02. The van der Waals surface area contributed by atoms with Gasteiger partial charge in [-0.15, -0.1) is 0 Å². The smallest absolute Gasteiger partial charge is 0.294 e. The predicted molar refractivity (Wildman–Crippen MR) is 81.6 cm³/mol. The third kappa shape index (κ3) is 3.22. The molecule has 0 saturated carbocycles. The molecule has 23 heavy (non-hydrogen) atoms. The molecule has 2 aromatic carbocycles. The number of nitrogens with zero attached hydrogens (tertiary/aromatic N) is 2. The fourth-order valence-electron chi connectivity index (χ4n) is 2.29. The summed E-state index contributed by atoms with van der Waals surface area (Å²) < 4.78 is 39.5. The number of halogens is 4. The maximum absolute atomic E-state index is 12.7. The van der Waals surface area contributed by atoms with Crippen LogP contribution in [0.4, 0.5) is 13.2 Å². The van der Waals surface area contributed by atoms with Gasteiger partial charge in [-0.25, -0.2) is 4.98 Å². The van der Waals surface area contributed by atoms with Crippen LogP contribution in [0.2, 0.25) is 5.02 Å². The zero-order valence-electron chi connectivity index (χ0n) is 11.6. The molecule has 3 nitrogen and oxygen atoms in total. The maximum Gasteiger partial charge on any atom is 0.416 e. The van der Waals surface area contributed by atoms with Crippen molar-refractivity contribution in [3.8, 4) is 0 Å². The van der Waals surface area contributed by atoms with Crippen LogP contribution >= 0.6 is 11.6 Å². The highest BCUT2D eigenvalue weighted by Gasteiger charge is 2.30. The molecule has 0 radical (unpaired) electrons. The van der Waals surface area contributed by atoms with Crippen LogP contribution in [0.3, 0.4) is 0 Å². The first kappa shape index (κ1) is 15.6. The summed E-state index contributed by atoms with van der Waals surface area (Å²) in [4.78, 5) is 16.5. The molecule has 0 bridgehead atoms. The summed E-state index contributed by atoms with van der Waals surface area (Å²) in [6.45, 7) is -0.00178. The third-order valence-corrected chi connectivity index (χ3v) is 3.63. The molecule has 0 amide bonds. The Morgan fingerprint density at radius 3 is 2.65 bits per heavy atom. The monoisotopic (exact) mass is 338 g/mol. The fourth-order valence-corrected chi connectivity index (χ4v) is 2.46. The fraction of sp³-hybridized carbons (Fsp3) is 0.125. The lowest BCUT2D eigenvalue weighted by atomic mass is 10.1.